The van der Waals surface area contributed by atoms with Gasteiger partial charge in [0.2, 0.25) is 0 Å². The van der Waals surface area contributed by atoms with Gasteiger partial charge in [-0.25, -0.2) is 4.99 Å². The van der Waals surface area contributed by atoms with Crippen molar-refractivity contribution in [3.8, 4) is 0 Å². The van der Waals surface area contributed by atoms with E-state index in [1.54, 1.807) is 0 Å². The highest BCUT2D eigenvalue weighted by Crippen LogP contribution is 2.27. The molecule has 0 saturated carbocycles. The quantitative estimate of drug-likeness (QED) is 0.733. The molecule has 1 aliphatic heterocycles. The summed E-state index contributed by atoms with van der Waals surface area (Å²) in [6, 6.07) is 8.66. The molecular formula is C11H14N2O. The van der Waals surface area contributed by atoms with Gasteiger partial charge in [-0.05, 0) is 19.4 Å². The number of hydrogen-bond donors (Lipinski definition) is 1. The van der Waals surface area contributed by atoms with Crippen LogP contribution in [0.5, 0.6) is 0 Å². The third-order valence-electron chi connectivity index (χ3n) is 2.42. The van der Waals surface area contributed by atoms with Crippen molar-refractivity contribution in [1.82, 2.24) is 0 Å². The van der Waals surface area contributed by atoms with Gasteiger partial charge in [-0.2, -0.15) is 0 Å². The predicted molar refractivity (Wildman–Crippen MR) is 56.1 cm³/mol. The van der Waals surface area contributed by atoms with Gasteiger partial charge in [0, 0.05) is 0 Å². The van der Waals surface area contributed by atoms with Crippen LogP contribution >= 0.6 is 0 Å². The summed E-state index contributed by atoms with van der Waals surface area (Å²) in [5.74, 6) is 0. The summed E-state index contributed by atoms with van der Waals surface area (Å²) in [4.78, 5) is 4.14. The van der Waals surface area contributed by atoms with Crippen LogP contribution in [0.4, 0.5) is 0 Å². The maximum absolute atomic E-state index is 5.51. The number of benzene rings is 1. The predicted octanol–water partition coefficient (Wildman–Crippen LogP) is 1.77. The first-order valence-electron chi connectivity index (χ1n) is 4.73. The van der Waals surface area contributed by atoms with E-state index < -0.39 is 0 Å². The van der Waals surface area contributed by atoms with Crippen LogP contribution in [0.3, 0.4) is 0 Å². The lowest BCUT2D eigenvalue weighted by molar-refractivity contribution is 0.199. The van der Waals surface area contributed by atoms with E-state index >= 15 is 0 Å². The molecule has 1 aromatic carbocycles. The summed E-state index contributed by atoms with van der Waals surface area (Å²) in [7, 11) is 0. The van der Waals surface area contributed by atoms with Crippen LogP contribution in [-0.4, -0.2) is 12.1 Å². The van der Waals surface area contributed by atoms with Gasteiger partial charge >= 0.3 is 0 Å². The summed E-state index contributed by atoms with van der Waals surface area (Å²) < 4.78 is 5.43. The Balaban J connectivity index is 2.21. The van der Waals surface area contributed by atoms with E-state index in [4.69, 9.17) is 10.5 Å². The Morgan fingerprint density at radius 3 is 2.43 bits per heavy atom. The Hall–Kier alpha value is -1.51. The normalized spacial score (nSPS) is 25.7. The summed E-state index contributed by atoms with van der Waals surface area (Å²) in [5, 5.41) is 0. The van der Waals surface area contributed by atoms with Crippen molar-refractivity contribution >= 4 is 6.02 Å². The summed E-state index contributed by atoms with van der Waals surface area (Å²) in [5.41, 5.74) is 7.89. The number of nitrogens with zero attached hydrogens (tertiary/aromatic N) is 1. The van der Waals surface area contributed by atoms with Crippen molar-refractivity contribution in [2.24, 2.45) is 10.7 Å². The monoisotopic (exact) mass is 190 g/mol. The Morgan fingerprint density at radius 2 is 1.93 bits per heavy atom. The van der Waals surface area contributed by atoms with Crippen LogP contribution in [0.15, 0.2) is 29.3 Å². The second-order valence-corrected chi connectivity index (χ2v) is 3.66. The van der Waals surface area contributed by atoms with Gasteiger partial charge in [0.25, 0.3) is 6.02 Å². The zero-order valence-electron chi connectivity index (χ0n) is 8.40. The first-order chi connectivity index (χ1) is 6.66. The fourth-order valence-corrected chi connectivity index (χ4v) is 1.63. The van der Waals surface area contributed by atoms with Crippen LogP contribution in [0.25, 0.3) is 0 Å². The molecule has 74 valence electrons. The van der Waals surface area contributed by atoms with Crippen molar-refractivity contribution in [1.29, 1.82) is 0 Å². The molecule has 0 radical (unpaired) electrons. The molecule has 3 heteroatoms. The van der Waals surface area contributed by atoms with Gasteiger partial charge < -0.3 is 10.5 Å². The molecule has 0 bridgehead atoms. The molecule has 0 aromatic heterocycles. The van der Waals surface area contributed by atoms with Crippen LogP contribution in [-0.2, 0) is 4.74 Å². The highest BCUT2D eigenvalue weighted by atomic mass is 16.5. The van der Waals surface area contributed by atoms with Gasteiger partial charge in [0.05, 0.1) is 6.04 Å². The summed E-state index contributed by atoms with van der Waals surface area (Å²) in [6.07, 6.45) is -0.0180. The summed E-state index contributed by atoms with van der Waals surface area (Å²) >= 11 is 0. The summed E-state index contributed by atoms with van der Waals surface area (Å²) in [6.45, 7) is 4.07. The molecule has 0 fully saturated rings. The van der Waals surface area contributed by atoms with E-state index in [1.807, 2.05) is 6.92 Å². The highest BCUT2D eigenvalue weighted by molar-refractivity contribution is 5.73. The molecule has 14 heavy (non-hydrogen) atoms. The van der Waals surface area contributed by atoms with Crippen molar-refractivity contribution in [3.63, 3.8) is 0 Å². The topological polar surface area (TPSA) is 47.6 Å². The van der Waals surface area contributed by atoms with E-state index in [2.05, 4.69) is 36.2 Å². The van der Waals surface area contributed by atoms with Crippen LogP contribution in [0.1, 0.15) is 24.2 Å². The molecule has 1 heterocycles. The van der Waals surface area contributed by atoms with Crippen molar-refractivity contribution in [2.75, 3.05) is 0 Å². The van der Waals surface area contributed by atoms with Crippen LogP contribution in [0, 0.1) is 6.92 Å². The first-order valence-corrected chi connectivity index (χ1v) is 4.73. The molecule has 2 rings (SSSR count). The van der Waals surface area contributed by atoms with Crippen molar-refractivity contribution in [2.45, 2.75) is 26.0 Å². The standard InChI is InChI=1S/C11H14N2O/c1-7-3-5-9(6-4-7)10-8(2)13-11(12)14-10/h3-6,8,10H,1-2H3,(H2,12,13)/t8-,10+/m0/s1. The molecule has 2 N–H and O–H groups in total. The first kappa shape index (κ1) is 9.06. The molecule has 0 saturated heterocycles. The minimum Gasteiger partial charge on any atom is -0.455 e. The third-order valence-corrected chi connectivity index (χ3v) is 2.42. The minimum absolute atomic E-state index is 0.0180. The molecular weight excluding hydrogens is 176 g/mol. The molecule has 0 aliphatic carbocycles. The molecule has 1 aliphatic rings. The largest absolute Gasteiger partial charge is 0.455 e. The lowest BCUT2D eigenvalue weighted by Crippen LogP contribution is -2.14. The number of ether oxygens (including phenoxy) is 1. The zero-order chi connectivity index (χ0) is 10.1. The fraction of sp³-hybridized carbons (Fsp3) is 0.364. The Morgan fingerprint density at radius 1 is 1.29 bits per heavy atom. The average molecular weight is 190 g/mol. The minimum atomic E-state index is -0.0180. The molecule has 0 spiro atoms. The Bertz CT molecular complexity index is 356. The fourth-order valence-electron chi connectivity index (χ4n) is 1.63. The van der Waals surface area contributed by atoms with Crippen LogP contribution < -0.4 is 5.73 Å². The van der Waals surface area contributed by atoms with Gasteiger partial charge in [0.15, 0.2) is 0 Å². The van der Waals surface area contributed by atoms with Crippen LogP contribution in [0.2, 0.25) is 0 Å². The zero-order valence-corrected chi connectivity index (χ0v) is 8.40. The van der Waals surface area contributed by atoms with E-state index in [0.717, 1.165) is 5.56 Å². The maximum atomic E-state index is 5.51. The van der Waals surface area contributed by atoms with E-state index in [-0.39, 0.29) is 12.1 Å². The number of rotatable bonds is 1. The third kappa shape index (κ3) is 1.58. The number of hydrogen-bond acceptors (Lipinski definition) is 3. The van der Waals surface area contributed by atoms with Gasteiger partial charge in [-0.3, -0.25) is 0 Å². The molecule has 1 aromatic rings. The Labute approximate surface area is 83.6 Å². The lowest BCUT2D eigenvalue weighted by Gasteiger charge is -2.14. The van der Waals surface area contributed by atoms with Gasteiger partial charge in [0.1, 0.15) is 6.10 Å². The van der Waals surface area contributed by atoms with E-state index in [1.165, 1.54) is 5.56 Å². The molecule has 3 nitrogen and oxygen atoms in total. The molecule has 2 atom stereocenters. The number of aliphatic imine (C=N–C) groups is 1. The van der Waals surface area contributed by atoms with Crippen molar-refractivity contribution in [3.05, 3.63) is 35.4 Å². The maximum Gasteiger partial charge on any atom is 0.283 e. The number of amidine groups is 1. The van der Waals surface area contributed by atoms with Crippen molar-refractivity contribution < 1.29 is 4.74 Å². The highest BCUT2D eigenvalue weighted by Gasteiger charge is 2.27. The smallest absolute Gasteiger partial charge is 0.283 e. The van der Waals surface area contributed by atoms with E-state index in [0.29, 0.717) is 6.02 Å². The van der Waals surface area contributed by atoms with E-state index in [9.17, 15) is 0 Å². The molecule has 0 amide bonds. The molecule has 0 unspecified atom stereocenters. The Kier molecular flexibility index (Phi) is 2.15. The average Bonchev–Trinajstić information content (AvgIpc) is 2.47. The van der Waals surface area contributed by atoms with Gasteiger partial charge in [-0.1, -0.05) is 29.8 Å². The van der Waals surface area contributed by atoms with Gasteiger partial charge in [-0.15, -0.1) is 0 Å². The lowest BCUT2D eigenvalue weighted by atomic mass is 10.0. The number of nitrogens with two attached hydrogens (primary N) is 1. The second-order valence-electron chi connectivity index (χ2n) is 3.66. The number of aryl methyl sites for hydroxylation is 1. The SMILES string of the molecule is Cc1ccc([C@@H]2OC(N)=N[C@H]2C)cc1. The second kappa shape index (κ2) is 3.33.